The number of allylic oxidation sites excluding steroid dienone is 1. The lowest BCUT2D eigenvalue weighted by molar-refractivity contribution is -0.199. The Balaban J connectivity index is 1.23. The number of hydrogen-bond acceptors (Lipinski definition) is 5. The number of benzene rings is 1. The summed E-state index contributed by atoms with van der Waals surface area (Å²) < 4.78 is 41.3. The molecular weight excluding hydrogens is 567 g/mol. The number of piperazine rings is 1. The van der Waals surface area contributed by atoms with E-state index in [9.17, 15) is 28.0 Å². The largest absolute Gasteiger partial charge is 0.403 e. The van der Waals surface area contributed by atoms with E-state index in [4.69, 9.17) is 11.6 Å². The molecule has 2 aliphatic carbocycles. The van der Waals surface area contributed by atoms with Crippen LogP contribution in [0, 0.1) is 22.7 Å². The summed E-state index contributed by atoms with van der Waals surface area (Å²) in [6, 6.07) is 7.06. The predicted molar refractivity (Wildman–Crippen MR) is 155 cm³/mol. The lowest BCUT2D eigenvalue weighted by atomic mass is 10.0. The topological polar surface area (TPSA) is 79.7 Å². The maximum atomic E-state index is 13.8. The smallest absolute Gasteiger partial charge is 0.369 e. The monoisotopic (exact) mass is 605 g/mol. The third-order valence-corrected chi connectivity index (χ3v) is 9.65. The SMILES string of the molecule is CC(C)(C)N1CCN(c2ccc(C/C=C/C3C[C@@H](C(=O)NC4(C#N)CC4)N(C(=O)C4(C(F)(F)F)CC4)C3)c(Cl)c2)CC1. The van der Waals surface area contributed by atoms with Gasteiger partial charge >= 0.3 is 6.18 Å². The molecule has 4 aliphatic rings. The Morgan fingerprint density at radius 3 is 2.31 bits per heavy atom. The lowest BCUT2D eigenvalue weighted by Gasteiger charge is -2.43. The zero-order valence-corrected chi connectivity index (χ0v) is 25.2. The highest BCUT2D eigenvalue weighted by atomic mass is 35.5. The molecule has 2 saturated heterocycles. The molecule has 42 heavy (non-hydrogen) atoms. The van der Waals surface area contributed by atoms with Gasteiger partial charge in [0.25, 0.3) is 0 Å². The molecule has 11 heteroatoms. The second-order valence-electron chi connectivity index (χ2n) is 13.3. The van der Waals surface area contributed by atoms with Crippen LogP contribution in [-0.4, -0.2) is 77.6 Å². The van der Waals surface area contributed by atoms with Crippen LogP contribution < -0.4 is 10.2 Å². The fraction of sp³-hybridized carbons (Fsp3) is 0.645. The van der Waals surface area contributed by atoms with Crippen LogP contribution >= 0.6 is 11.6 Å². The van der Waals surface area contributed by atoms with E-state index in [0.717, 1.165) is 42.3 Å². The molecule has 7 nitrogen and oxygen atoms in total. The molecule has 228 valence electrons. The summed E-state index contributed by atoms with van der Waals surface area (Å²) in [5.74, 6) is -1.88. The van der Waals surface area contributed by atoms with Gasteiger partial charge in [-0.05, 0) is 82.9 Å². The first-order valence-electron chi connectivity index (χ1n) is 14.7. The number of halogens is 4. The van der Waals surface area contributed by atoms with E-state index < -0.39 is 35.0 Å². The minimum Gasteiger partial charge on any atom is -0.369 e. The molecule has 2 atom stereocenters. The van der Waals surface area contributed by atoms with Crippen molar-refractivity contribution in [3.05, 3.63) is 40.9 Å². The van der Waals surface area contributed by atoms with Crippen molar-refractivity contribution >= 4 is 29.1 Å². The van der Waals surface area contributed by atoms with Gasteiger partial charge < -0.3 is 15.1 Å². The van der Waals surface area contributed by atoms with Crippen molar-refractivity contribution in [1.82, 2.24) is 15.1 Å². The van der Waals surface area contributed by atoms with Crippen molar-refractivity contribution in [1.29, 1.82) is 5.26 Å². The van der Waals surface area contributed by atoms with Crippen LogP contribution in [0.5, 0.6) is 0 Å². The van der Waals surface area contributed by atoms with Gasteiger partial charge in [0.2, 0.25) is 11.8 Å². The number of nitrogens with zero attached hydrogens (tertiary/aromatic N) is 4. The van der Waals surface area contributed by atoms with Crippen molar-refractivity contribution in [2.75, 3.05) is 37.6 Å². The number of alkyl halides is 3. The van der Waals surface area contributed by atoms with E-state index in [0.29, 0.717) is 24.3 Å². The van der Waals surface area contributed by atoms with Crippen LogP contribution in [0.15, 0.2) is 30.4 Å². The maximum absolute atomic E-state index is 13.8. The molecular formula is C31H39ClF3N5O2. The lowest BCUT2D eigenvalue weighted by Crippen LogP contribution is -2.53. The van der Waals surface area contributed by atoms with E-state index in [1.54, 1.807) is 0 Å². The number of rotatable bonds is 7. The Kier molecular flexibility index (Phi) is 8.08. The van der Waals surface area contributed by atoms with Crippen molar-refractivity contribution in [3.63, 3.8) is 0 Å². The second-order valence-corrected chi connectivity index (χ2v) is 13.7. The third kappa shape index (κ3) is 6.14. The fourth-order valence-electron chi connectivity index (χ4n) is 6.13. The molecule has 1 aromatic carbocycles. The van der Waals surface area contributed by atoms with Crippen molar-refractivity contribution in [3.8, 4) is 6.07 Å². The van der Waals surface area contributed by atoms with Crippen LogP contribution in [0.4, 0.5) is 18.9 Å². The van der Waals surface area contributed by atoms with Gasteiger partial charge in [0.15, 0.2) is 0 Å². The first kappa shape index (κ1) is 30.7. The molecule has 2 heterocycles. The van der Waals surface area contributed by atoms with E-state index >= 15 is 0 Å². The molecule has 0 spiro atoms. The summed E-state index contributed by atoms with van der Waals surface area (Å²) in [7, 11) is 0. The number of hydrogen-bond donors (Lipinski definition) is 1. The molecule has 1 N–H and O–H groups in total. The molecule has 1 unspecified atom stereocenters. The van der Waals surface area contributed by atoms with E-state index in [1.165, 1.54) is 0 Å². The second kappa shape index (κ2) is 11.1. The number of likely N-dealkylation sites (tertiary alicyclic amines) is 1. The van der Waals surface area contributed by atoms with Gasteiger partial charge in [-0.1, -0.05) is 29.8 Å². The van der Waals surface area contributed by atoms with Gasteiger partial charge in [-0.25, -0.2) is 0 Å². The zero-order valence-electron chi connectivity index (χ0n) is 24.4. The Hall–Kier alpha value is -2.77. The third-order valence-electron chi connectivity index (χ3n) is 9.30. The first-order chi connectivity index (χ1) is 19.7. The molecule has 0 aromatic heterocycles. The Morgan fingerprint density at radius 1 is 1.12 bits per heavy atom. The highest BCUT2D eigenvalue weighted by Crippen LogP contribution is 2.59. The van der Waals surface area contributed by atoms with E-state index in [-0.39, 0.29) is 37.3 Å². The Morgan fingerprint density at radius 2 is 1.79 bits per heavy atom. The van der Waals surface area contributed by atoms with Crippen molar-refractivity contribution < 1.29 is 22.8 Å². The average Bonchev–Trinajstić information content (AvgIpc) is 3.85. The first-order valence-corrected chi connectivity index (χ1v) is 15.1. The summed E-state index contributed by atoms with van der Waals surface area (Å²) in [6.45, 7) is 10.5. The van der Waals surface area contributed by atoms with Gasteiger partial charge in [-0.15, -0.1) is 0 Å². The van der Waals surface area contributed by atoms with Gasteiger partial charge in [0.1, 0.15) is 17.0 Å². The zero-order chi connectivity index (χ0) is 30.5. The molecule has 1 aromatic rings. The number of carbonyl (C=O) groups is 2. The van der Waals surface area contributed by atoms with E-state index in [2.05, 4.69) is 48.0 Å². The Labute approximate surface area is 250 Å². The molecule has 2 amide bonds. The summed E-state index contributed by atoms with van der Waals surface area (Å²) >= 11 is 6.65. The van der Waals surface area contributed by atoms with Gasteiger partial charge in [0.05, 0.1) is 6.07 Å². The van der Waals surface area contributed by atoms with Crippen LogP contribution in [0.3, 0.4) is 0 Å². The van der Waals surface area contributed by atoms with Gasteiger partial charge in [-0.3, -0.25) is 14.5 Å². The molecule has 5 rings (SSSR count). The summed E-state index contributed by atoms with van der Waals surface area (Å²) in [6.07, 6.45) is 0.314. The molecule has 0 radical (unpaired) electrons. The average molecular weight is 606 g/mol. The maximum Gasteiger partial charge on any atom is 0.403 e. The highest BCUT2D eigenvalue weighted by molar-refractivity contribution is 6.31. The van der Waals surface area contributed by atoms with Crippen LogP contribution in [0.25, 0.3) is 0 Å². The number of anilines is 1. The molecule has 0 bridgehead atoms. The Bertz CT molecular complexity index is 1280. The molecule has 2 saturated carbocycles. The summed E-state index contributed by atoms with van der Waals surface area (Å²) in [5, 5.41) is 12.7. The minimum atomic E-state index is -4.66. The molecule has 2 aliphatic heterocycles. The highest BCUT2D eigenvalue weighted by Gasteiger charge is 2.70. The number of nitrogens with one attached hydrogen (secondary N) is 1. The van der Waals surface area contributed by atoms with E-state index in [1.807, 2.05) is 24.3 Å². The fourth-order valence-corrected chi connectivity index (χ4v) is 6.38. The molecule has 4 fully saturated rings. The van der Waals surface area contributed by atoms with Crippen LogP contribution in [0.2, 0.25) is 5.02 Å². The van der Waals surface area contributed by atoms with Gasteiger partial charge in [-0.2, -0.15) is 18.4 Å². The quantitative estimate of drug-likeness (QED) is 0.438. The minimum absolute atomic E-state index is 0.0258. The van der Waals surface area contributed by atoms with Crippen molar-refractivity contribution in [2.45, 2.75) is 82.6 Å². The van der Waals surface area contributed by atoms with Crippen molar-refractivity contribution in [2.24, 2.45) is 11.3 Å². The van der Waals surface area contributed by atoms with Crippen LogP contribution in [-0.2, 0) is 16.0 Å². The number of nitriles is 1. The number of carbonyl (C=O) groups excluding carboxylic acids is 2. The normalized spacial score (nSPS) is 25.4. The standard InChI is InChI=1S/C31H39ClF3N5O2/c1-28(2,3)39-15-13-38(14-16-39)23-8-7-22(24(32)18-23)6-4-5-21-17-25(26(41)37-29(20-36)9-10-29)40(19-21)27(42)30(11-12-30)31(33,34)35/h4-5,7-8,18,21,25H,6,9-17,19H2,1-3H3,(H,37,41)/b5-4+/t21?,25-/m0/s1. The summed E-state index contributed by atoms with van der Waals surface area (Å²) in [4.78, 5) is 32.2. The van der Waals surface area contributed by atoms with Gasteiger partial charge in [0, 0.05) is 49.0 Å². The number of amides is 2. The predicted octanol–water partition coefficient (Wildman–Crippen LogP) is 5.09. The summed E-state index contributed by atoms with van der Waals surface area (Å²) in [5.41, 5.74) is -1.23. The van der Waals surface area contributed by atoms with Crippen LogP contribution in [0.1, 0.15) is 58.4 Å².